The molecule has 21 heavy (non-hydrogen) atoms. The number of hydrogen-bond donors (Lipinski definition) is 2. The summed E-state index contributed by atoms with van der Waals surface area (Å²) < 4.78 is 4.92. The van der Waals surface area contributed by atoms with Gasteiger partial charge in [0.2, 0.25) is 5.91 Å². The van der Waals surface area contributed by atoms with Gasteiger partial charge in [-0.15, -0.1) is 0 Å². The lowest BCUT2D eigenvalue weighted by molar-refractivity contribution is -0.117. The molecule has 6 nitrogen and oxygen atoms in total. The summed E-state index contributed by atoms with van der Waals surface area (Å²) in [5.41, 5.74) is 1.33. The molecule has 1 heterocycles. The molecule has 0 spiro atoms. The van der Waals surface area contributed by atoms with Crippen molar-refractivity contribution in [1.82, 2.24) is 0 Å². The molecule has 1 aromatic rings. The van der Waals surface area contributed by atoms with Gasteiger partial charge in [-0.3, -0.25) is 4.79 Å². The van der Waals surface area contributed by atoms with Gasteiger partial charge in [-0.2, -0.15) is 0 Å². The summed E-state index contributed by atoms with van der Waals surface area (Å²) in [4.78, 5) is 25.2. The van der Waals surface area contributed by atoms with E-state index >= 15 is 0 Å². The van der Waals surface area contributed by atoms with Crippen molar-refractivity contribution in [2.45, 2.75) is 25.8 Å². The molecule has 1 unspecified atom stereocenters. The van der Waals surface area contributed by atoms with Crippen LogP contribution in [0.15, 0.2) is 18.2 Å². The Morgan fingerprint density at radius 2 is 2.33 bits per heavy atom. The van der Waals surface area contributed by atoms with Gasteiger partial charge < -0.3 is 20.2 Å². The van der Waals surface area contributed by atoms with Gasteiger partial charge in [0.25, 0.3) is 0 Å². The molecule has 112 valence electrons. The Bertz CT molecular complexity index is 571. The van der Waals surface area contributed by atoms with E-state index in [4.69, 9.17) is 10.1 Å². The first kappa shape index (κ1) is 15.2. The topological polar surface area (TPSA) is 90.7 Å². The number of nitrogens with zero attached hydrogens (tertiary/aromatic N) is 1. The van der Waals surface area contributed by atoms with Crippen LogP contribution in [0.2, 0.25) is 0 Å². The number of nitrogens with one attached hydrogen (secondary N) is 1. The molecule has 1 atom stereocenters. The standard InChI is InChI=1S/C15H18N2O4/c1-2-21-15(20)10-3-5-13(11(7-10)8-16)17-12(9-18)4-6-14(17)19/h3,5,7-8,12,16,18H,2,4,6,9H2,1H3. The lowest BCUT2D eigenvalue weighted by Crippen LogP contribution is -2.36. The average Bonchev–Trinajstić information content (AvgIpc) is 2.87. The second-order valence-electron chi connectivity index (χ2n) is 4.78. The maximum atomic E-state index is 12.0. The molecule has 0 saturated carbocycles. The molecule has 0 aromatic heterocycles. The van der Waals surface area contributed by atoms with Crippen molar-refractivity contribution in [3.63, 3.8) is 0 Å². The van der Waals surface area contributed by atoms with Crippen molar-refractivity contribution >= 4 is 23.8 Å². The van der Waals surface area contributed by atoms with E-state index in [9.17, 15) is 14.7 Å². The van der Waals surface area contributed by atoms with Crippen LogP contribution in [0, 0.1) is 5.41 Å². The number of esters is 1. The highest BCUT2D eigenvalue weighted by molar-refractivity contribution is 6.02. The molecule has 1 aliphatic rings. The molecule has 0 radical (unpaired) electrons. The van der Waals surface area contributed by atoms with E-state index in [1.165, 1.54) is 11.0 Å². The van der Waals surface area contributed by atoms with Gasteiger partial charge in [0, 0.05) is 18.2 Å². The van der Waals surface area contributed by atoms with Gasteiger partial charge >= 0.3 is 5.97 Å². The Hall–Kier alpha value is -2.21. The highest BCUT2D eigenvalue weighted by atomic mass is 16.5. The number of aliphatic hydroxyl groups is 1. The van der Waals surface area contributed by atoms with Crippen LogP contribution in [0.25, 0.3) is 0 Å². The van der Waals surface area contributed by atoms with Crippen LogP contribution in [0.1, 0.15) is 35.7 Å². The third-order valence-electron chi connectivity index (χ3n) is 3.49. The second-order valence-corrected chi connectivity index (χ2v) is 4.78. The summed E-state index contributed by atoms with van der Waals surface area (Å²) in [6, 6.07) is 4.45. The van der Waals surface area contributed by atoms with Crippen molar-refractivity contribution in [1.29, 1.82) is 5.41 Å². The molecule has 0 aliphatic carbocycles. The first-order valence-electron chi connectivity index (χ1n) is 6.87. The van der Waals surface area contributed by atoms with E-state index < -0.39 is 5.97 Å². The predicted molar refractivity (Wildman–Crippen MR) is 77.9 cm³/mol. The fraction of sp³-hybridized carbons (Fsp3) is 0.400. The molecule has 0 bridgehead atoms. The number of rotatable bonds is 5. The van der Waals surface area contributed by atoms with E-state index in [2.05, 4.69) is 0 Å². The van der Waals surface area contributed by atoms with Crippen LogP contribution in [0.5, 0.6) is 0 Å². The highest BCUT2D eigenvalue weighted by Crippen LogP contribution is 2.29. The number of benzene rings is 1. The fourth-order valence-corrected chi connectivity index (χ4v) is 2.48. The lowest BCUT2D eigenvalue weighted by atomic mass is 10.1. The third-order valence-corrected chi connectivity index (χ3v) is 3.49. The van der Waals surface area contributed by atoms with Crippen LogP contribution < -0.4 is 4.90 Å². The van der Waals surface area contributed by atoms with Gasteiger partial charge in [0.05, 0.1) is 30.5 Å². The molecule has 2 N–H and O–H groups in total. The Labute approximate surface area is 122 Å². The van der Waals surface area contributed by atoms with Gasteiger partial charge in [-0.05, 0) is 31.5 Å². The minimum Gasteiger partial charge on any atom is -0.462 e. The van der Waals surface area contributed by atoms with E-state index in [0.717, 1.165) is 6.21 Å². The Morgan fingerprint density at radius 3 is 2.95 bits per heavy atom. The molecule has 1 aliphatic heterocycles. The zero-order valence-electron chi connectivity index (χ0n) is 11.8. The third kappa shape index (κ3) is 2.95. The van der Waals surface area contributed by atoms with Gasteiger partial charge in [-0.1, -0.05) is 0 Å². The molecule has 2 rings (SSSR count). The average molecular weight is 290 g/mol. The first-order chi connectivity index (χ1) is 10.1. The predicted octanol–water partition coefficient (Wildman–Crippen LogP) is 1.35. The van der Waals surface area contributed by atoms with E-state index in [1.807, 2.05) is 0 Å². The minimum atomic E-state index is -0.460. The molecular weight excluding hydrogens is 272 g/mol. The van der Waals surface area contributed by atoms with E-state index in [1.54, 1.807) is 19.1 Å². The molecular formula is C15H18N2O4. The number of anilines is 1. The Balaban J connectivity index is 2.38. The number of ether oxygens (including phenoxy) is 1. The molecule has 6 heteroatoms. The zero-order valence-corrected chi connectivity index (χ0v) is 11.8. The highest BCUT2D eigenvalue weighted by Gasteiger charge is 2.32. The van der Waals surface area contributed by atoms with Crippen molar-refractivity contribution < 1.29 is 19.4 Å². The van der Waals surface area contributed by atoms with Crippen molar-refractivity contribution in [2.75, 3.05) is 18.1 Å². The fourth-order valence-electron chi connectivity index (χ4n) is 2.48. The largest absolute Gasteiger partial charge is 0.462 e. The normalized spacial score (nSPS) is 17.9. The van der Waals surface area contributed by atoms with Crippen molar-refractivity contribution in [2.24, 2.45) is 0 Å². The lowest BCUT2D eigenvalue weighted by Gasteiger charge is -2.25. The molecule has 1 aromatic carbocycles. The number of aliphatic hydroxyl groups excluding tert-OH is 1. The molecule has 1 amide bonds. The van der Waals surface area contributed by atoms with Crippen LogP contribution in [0.3, 0.4) is 0 Å². The second kappa shape index (κ2) is 6.49. The summed E-state index contributed by atoms with van der Waals surface area (Å²) in [6.45, 7) is 1.87. The number of amides is 1. The Morgan fingerprint density at radius 1 is 1.57 bits per heavy atom. The van der Waals surface area contributed by atoms with Crippen LogP contribution in [-0.2, 0) is 9.53 Å². The SMILES string of the molecule is CCOC(=O)c1ccc(N2C(=O)CCC2CO)c(C=N)c1. The van der Waals surface area contributed by atoms with Crippen LogP contribution in [-0.4, -0.2) is 42.5 Å². The van der Waals surface area contributed by atoms with Crippen molar-refractivity contribution in [3.8, 4) is 0 Å². The first-order valence-corrected chi connectivity index (χ1v) is 6.87. The summed E-state index contributed by atoms with van der Waals surface area (Å²) >= 11 is 0. The summed E-state index contributed by atoms with van der Waals surface area (Å²) in [5, 5.41) is 16.9. The molecule has 1 saturated heterocycles. The number of carbonyl (C=O) groups excluding carboxylic acids is 2. The number of carbonyl (C=O) groups is 2. The van der Waals surface area contributed by atoms with Crippen molar-refractivity contribution in [3.05, 3.63) is 29.3 Å². The van der Waals surface area contributed by atoms with Gasteiger partial charge in [-0.25, -0.2) is 4.79 Å². The van der Waals surface area contributed by atoms with Crippen LogP contribution >= 0.6 is 0 Å². The van der Waals surface area contributed by atoms with Gasteiger partial charge in [0.1, 0.15) is 0 Å². The minimum absolute atomic E-state index is 0.0824. The maximum absolute atomic E-state index is 12.0. The van der Waals surface area contributed by atoms with Gasteiger partial charge in [0.15, 0.2) is 0 Å². The number of hydrogen-bond acceptors (Lipinski definition) is 5. The summed E-state index contributed by atoms with van der Waals surface area (Å²) in [7, 11) is 0. The Kier molecular flexibility index (Phi) is 4.70. The van der Waals surface area contributed by atoms with Crippen LogP contribution in [0.4, 0.5) is 5.69 Å². The summed E-state index contributed by atoms with van der Waals surface area (Å²) in [6.07, 6.45) is 2.06. The monoisotopic (exact) mass is 290 g/mol. The van der Waals surface area contributed by atoms with E-state index in [-0.39, 0.29) is 25.2 Å². The molecule has 1 fully saturated rings. The quantitative estimate of drug-likeness (QED) is 0.632. The van der Waals surface area contributed by atoms with E-state index in [0.29, 0.717) is 29.7 Å². The summed E-state index contributed by atoms with van der Waals surface area (Å²) in [5.74, 6) is -0.542. The smallest absolute Gasteiger partial charge is 0.338 e. The zero-order chi connectivity index (χ0) is 15.4. The maximum Gasteiger partial charge on any atom is 0.338 e.